The lowest BCUT2D eigenvalue weighted by atomic mass is 10.00. The molecule has 0 unspecified atom stereocenters. The molecule has 0 N–H and O–H groups in total. The second-order valence-electron chi connectivity index (χ2n) is 14.4. The lowest BCUT2D eigenvalue weighted by molar-refractivity contribution is 0.669. The number of hydrogen-bond acceptors (Lipinski definition) is 5. The summed E-state index contributed by atoms with van der Waals surface area (Å²) in [6.07, 6.45) is 0. The van der Waals surface area contributed by atoms with Crippen LogP contribution in [0.5, 0.6) is 0 Å². The van der Waals surface area contributed by atoms with Crippen LogP contribution in [0.15, 0.2) is 168 Å². The molecule has 6 heteroatoms. The fourth-order valence-electron chi connectivity index (χ4n) is 9.09. The zero-order valence-corrected chi connectivity index (χ0v) is 31.3. The van der Waals surface area contributed by atoms with Crippen molar-refractivity contribution in [3.05, 3.63) is 164 Å². The number of thiophene rings is 2. The Morgan fingerprint density at radius 1 is 0.464 bits per heavy atom. The fourth-order valence-corrected chi connectivity index (χ4v) is 11.4. The van der Waals surface area contributed by atoms with Crippen molar-refractivity contribution in [3.63, 3.8) is 0 Å². The lowest BCUT2D eigenvalue weighted by Crippen LogP contribution is -1.97. The van der Waals surface area contributed by atoms with Crippen LogP contribution in [0.4, 0.5) is 0 Å². The van der Waals surface area contributed by atoms with Gasteiger partial charge in [-0.25, -0.2) is 9.97 Å². The van der Waals surface area contributed by atoms with Gasteiger partial charge in [-0.05, 0) is 47.9 Å². The highest BCUT2D eigenvalue weighted by Crippen LogP contribution is 2.48. The number of rotatable bonds is 3. The first kappa shape index (κ1) is 30.5. The first-order chi connectivity index (χ1) is 27.8. The number of furan rings is 1. The predicted molar refractivity (Wildman–Crippen MR) is 238 cm³/mol. The van der Waals surface area contributed by atoms with Crippen molar-refractivity contribution in [2.75, 3.05) is 0 Å². The molecule has 56 heavy (non-hydrogen) atoms. The normalized spacial score (nSPS) is 12.3. The maximum Gasteiger partial charge on any atom is 0.162 e. The van der Waals surface area contributed by atoms with E-state index in [1.807, 2.05) is 35.6 Å². The molecular weight excluding hydrogens is 723 g/mol. The Labute approximate surface area is 327 Å². The van der Waals surface area contributed by atoms with Crippen LogP contribution in [-0.4, -0.2) is 14.5 Å². The quantitative estimate of drug-likeness (QED) is 0.181. The number of aromatic nitrogens is 3. The molecule has 0 amide bonds. The third kappa shape index (κ3) is 4.12. The van der Waals surface area contributed by atoms with Crippen molar-refractivity contribution in [3.8, 4) is 28.3 Å². The van der Waals surface area contributed by atoms with Crippen LogP contribution in [-0.2, 0) is 0 Å². The maximum absolute atomic E-state index is 6.32. The zero-order valence-electron chi connectivity index (χ0n) is 29.7. The van der Waals surface area contributed by atoms with Gasteiger partial charge in [0.2, 0.25) is 0 Å². The highest BCUT2D eigenvalue weighted by molar-refractivity contribution is 7.27. The van der Waals surface area contributed by atoms with Gasteiger partial charge < -0.3 is 8.98 Å². The van der Waals surface area contributed by atoms with E-state index in [1.165, 1.54) is 62.8 Å². The van der Waals surface area contributed by atoms with E-state index in [2.05, 4.69) is 144 Å². The molecule has 4 nitrogen and oxygen atoms in total. The van der Waals surface area contributed by atoms with Gasteiger partial charge in [0.25, 0.3) is 0 Å². The number of hydrogen-bond donors (Lipinski definition) is 0. The average molecular weight is 750 g/mol. The summed E-state index contributed by atoms with van der Waals surface area (Å²) in [6.45, 7) is 0. The SMILES string of the molecule is c1cc(-c2nc(-c3cccc4oc5ccccc5c34)nc3sc4ccccc4c23)cc(-n2c3ccccc3c3c4ccccc4c4sc5ccccc5c4c32)c1. The van der Waals surface area contributed by atoms with Gasteiger partial charge in [-0.15, -0.1) is 22.7 Å². The smallest absolute Gasteiger partial charge is 0.162 e. The molecule has 0 spiro atoms. The third-order valence-corrected chi connectivity index (χ3v) is 13.7. The van der Waals surface area contributed by atoms with Gasteiger partial charge in [-0.3, -0.25) is 0 Å². The Kier molecular flexibility index (Phi) is 6.17. The Bertz CT molecular complexity index is 3790. The van der Waals surface area contributed by atoms with Crippen molar-refractivity contribution in [1.29, 1.82) is 0 Å². The van der Waals surface area contributed by atoms with Crippen LogP contribution in [0.25, 0.3) is 123 Å². The van der Waals surface area contributed by atoms with E-state index in [0.717, 1.165) is 54.7 Å². The molecule has 13 aromatic rings. The summed E-state index contributed by atoms with van der Waals surface area (Å²) in [5.41, 5.74) is 8.13. The summed E-state index contributed by atoms with van der Waals surface area (Å²) in [4.78, 5) is 11.8. The predicted octanol–water partition coefficient (Wildman–Crippen LogP) is 14.7. The molecule has 0 atom stereocenters. The van der Waals surface area contributed by atoms with E-state index in [4.69, 9.17) is 14.4 Å². The minimum Gasteiger partial charge on any atom is -0.456 e. The molecule has 8 aromatic carbocycles. The third-order valence-electron chi connectivity index (χ3n) is 11.4. The van der Waals surface area contributed by atoms with E-state index in [1.54, 1.807) is 11.3 Å². The molecule has 5 aromatic heterocycles. The topological polar surface area (TPSA) is 43.9 Å². The largest absolute Gasteiger partial charge is 0.456 e. The molecule has 0 aliphatic rings. The summed E-state index contributed by atoms with van der Waals surface area (Å²) in [6, 6.07) is 58.6. The van der Waals surface area contributed by atoms with Gasteiger partial charge in [0.1, 0.15) is 16.0 Å². The zero-order chi connectivity index (χ0) is 36.5. The molecule has 0 saturated heterocycles. The van der Waals surface area contributed by atoms with Gasteiger partial charge >= 0.3 is 0 Å². The molecule has 13 rings (SSSR count). The molecule has 0 radical (unpaired) electrons. The molecule has 5 heterocycles. The van der Waals surface area contributed by atoms with E-state index >= 15 is 0 Å². The number of benzene rings is 8. The van der Waals surface area contributed by atoms with E-state index in [-0.39, 0.29) is 0 Å². The molecule has 260 valence electrons. The van der Waals surface area contributed by atoms with Crippen molar-refractivity contribution >= 4 is 118 Å². The van der Waals surface area contributed by atoms with Crippen LogP contribution >= 0.6 is 22.7 Å². The maximum atomic E-state index is 6.32. The number of fused-ring (bicyclic) bond motifs is 16. The molecular formula is C50H27N3OS2. The van der Waals surface area contributed by atoms with Crippen LogP contribution in [0, 0.1) is 0 Å². The van der Waals surface area contributed by atoms with Crippen molar-refractivity contribution < 1.29 is 4.42 Å². The van der Waals surface area contributed by atoms with Crippen molar-refractivity contribution in [2.45, 2.75) is 0 Å². The Morgan fingerprint density at radius 2 is 1.12 bits per heavy atom. The lowest BCUT2D eigenvalue weighted by Gasteiger charge is -2.13. The first-order valence-electron chi connectivity index (χ1n) is 18.7. The molecule has 0 bridgehead atoms. The van der Waals surface area contributed by atoms with Gasteiger partial charge in [-0.1, -0.05) is 121 Å². The summed E-state index contributed by atoms with van der Waals surface area (Å²) >= 11 is 3.61. The number of nitrogens with zero attached hydrogens (tertiary/aromatic N) is 3. The summed E-state index contributed by atoms with van der Waals surface area (Å²) in [5.74, 6) is 0.691. The summed E-state index contributed by atoms with van der Waals surface area (Å²) < 4.78 is 12.6. The molecule has 0 fully saturated rings. The van der Waals surface area contributed by atoms with E-state index in [0.29, 0.717) is 5.82 Å². The number of para-hydroxylation sites is 2. The highest BCUT2D eigenvalue weighted by Gasteiger charge is 2.24. The fraction of sp³-hybridized carbons (Fsp3) is 0. The Morgan fingerprint density at radius 3 is 1.98 bits per heavy atom. The van der Waals surface area contributed by atoms with Gasteiger partial charge in [0.05, 0.1) is 16.7 Å². The Balaban J connectivity index is 1.14. The van der Waals surface area contributed by atoms with Crippen molar-refractivity contribution in [1.82, 2.24) is 14.5 Å². The van der Waals surface area contributed by atoms with Crippen LogP contribution in [0.1, 0.15) is 0 Å². The molecule has 0 aliphatic heterocycles. The second-order valence-corrected chi connectivity index (χ2v) is 16.5. The second kappa shape index (κ2) is 11.3. The van der Waals surface area contributed by atoms with Crippen LogP contribution in [0.2, 0.25) is 0 Å². The van der Waals surface area contributed by atoms with Gasteiger partial charge in [-0.2, -0.15) is 0 Å². The highest BCUT2D eigenvalue weighted by atomic mass is 32.1. The van der Waals surface area contributed by atoms with Crippen LogP contribution in [0.3, 0.4) is 0 Å². The molecule has 0 saturated carbocycles. The van der Waals surface area contributed by atoms with E-state index in [9.17, 15) is 0 Å². The Hall–Kier alpha value is -6.86. The summed E-state index contributed by atoms with van der Waals surface area (Å²) in [7, 11) is 0. The van der Waals surface area contributed by atoms with Gasteiger partial charge in [0, 0.05) is 79.4 Å². The van der Waals surface area contributed by atoms with E-state index < -0.39 is 0 Å². The monoisotopic (exact) mass is 749 g/mol. The molecule has 0 aliphatic carbocycles. The van der Waals surface area contributed by atoms with Crippen LogP contribution < -0.4 is 0 Å². The average Bonchev–Trinajstić information content (AvgIpc) is 4.02. The minimum absolute atomic E-state index is 0.691. The summed E-state index contributed by atoms with van der Waals surface area (Å²) in [5, 5.41) is 12.0. The van der Waals surface area contributed by atoms with Crippen molar-refractivity contribution in [2.24, 2.45) is 0 Å². The minimum atomic E-state index is 0.691. The first-order valence-corrected chi connectivity index (χ1v) is 20.4. The standard InChI is InChI=1S/C50H27N3OS2/c1-2-16-31-30(15-1)43-32-17-3-7-22-37(32)53(47(43)45-35-20-6-9-25-40(35)55-48(31)45)29-14-11-13-28(27-29)46-44-34-19-5-10-26-41(34)56-50(44)52-49(51-46)36-21-12-24-39-42(36)33-18-4-8-23-38(33)54-39/h1-27H. The van der Waals surface area contributed by atoms with Gasteiger partial charge in [0.15, 0.2) is 5.82 Å².